The summed E-state index contributed by atoms with van der Waals surface area (Å²) in [5, 5.41) is 33.2. The monoisotopic (exact) mass is 547 g/mol. The average Bonchev–Trinajstić information content (AvgIpc) is 2.91. The average molecular weight is 548 g/mol. The predicted octanol–water partition coefficient (Wildman–Crippen LogP) is 2.06. The van der Waals surface area contributed by atoms with E-state index in [4.69, 9.17) is 44.3 Å². The molecule has 0 spiro atoms. The summed E-state index contributed by atoms with van der Waals surface area (Å²) in [5.74, 6) is -6.36. The van der Waals surface area contributed by atoms with Crippen molar-refractivity contribution in [1.82, 2.24) is 9.80 Å². The van der Waals surface area contributed by atoms with Crippen LogP contribution in [0.1, 0.15) is 19.4 Å². The molecule has 2 aromatic carbocycles. The van der Waals surface area contributed by atoms with Crippen LogP contribution >= 0.6 is 0 Å². The van der Waals surface area contributed by atoms with Crippen molar-refractivity contribution in [1.29, 1.82) is 0 Å². The van der Waals surface area contributed by atoms with Gasteiger partial charge < -0.3 is 35.4 Å². The van der Waals surface area contributed by atoms with E-state index in [-0.39, 0.29) is 0 Å². The molecule has 0 aromatic heterocycles. The number of rotatable bonds is 9. The van der Waals surface area contributed by atoms with Gasteiger partial charge in [-0.1, -0.05) is 30.3 Å². The number of hydrogen-bond acceptors (Lipinski definition) is 8. The standard InChI is InChI=1S/C23H33N3O.2C2H2O4/c1-3-27-23-11-9-22(10-12-23)24-20(2)19-26-17-15-25(16-18-26)14-13-21-7-5-4-6-8-21;2*3-1(4)2(5)6/h4-12,20,24H,3,13-19H2,1-2H3;2*(H,3,4)(H,5,6). The second-order valence-electron chi connectivity index (χ2n) is 8.60. The molecule has 12 heteroatoms. The summed E-state index contributed by atoms with van der Waals surface area (Å²) < 4.78 is 5.50. The number of hydrogen-bond donors (Lipinski definition) is 5. The molecule has 1 saturated heterocycles. The zero-order valence-corrected chi connectivity index (χ0v) is 22.2. The molecule has 0 saturated carbocycles. The van der Waals surface area contributed by atoms with Crippen molar-refractivity contribution < 1.29 is 44.3 Å². The molecule has 214 valence electrons. The minimum absolute atomic E-state index is 0.429. The lowest BCUT2D eigenvalue weighted by molar-refractivity contribution is -0.159. The molecule has 5 N–H and O–H groups in total. The van der Waals surface area contributed by atoms with Crippen molar-refractivity contribution in [3.63, 3.8) is 0 Å². The molecule has 1 aliphatic rings. The molecule has 0 bridgehead atoms. The quantitative estimate of drug-likeness (QED) is 0.289. The van der Waals surface area contributed by atoms with Crippen LogP contribution in [0.2, 0.25) is 0 Å². The van der Waals surface area contributed by atoms with E-state index < -0.39 is 23.9 Å². The molecule has 39 heavy (non-hydrogen) atoms. The third-order valence-electron chi connectivity index (χ3n) is 5.50. The van der Waals surface area contributed by atoms with E-state index in [1.807, 2.05) is 19.1 Å². The Labute approximate surface area is 227 Å². The molecule has 0 radical (unpaired) electrons. The maximum atomic E-state index is 9.10. The molecular weight excluding hydrogens is 510 g/mol. The van der Waals surface area contributed by atoms with Crippen molar-refractivity contribution in [3.8, 4) is 5.75 Å². The lowest BCUT2D eigenvalue weighted by Crippen LogP contribution is -2.49. The summed E-state index contributed by atoms with van der Waals surface area (Å²) in [7, 11) is 0. The van der Waals surface area contributed by atoms with Crippen molar-refractivity contribution >= 4 is 29.6 Å². The van der Waals surface area contributed by atoms with Gasteiger partial charge in [-0.15, -0.1) is 0 Å². The van der Waals surface area contributed by atoms with Gasteiger partial charge in [0, 0.05) is 51.0 Å². The van der Waals surface area contributed by atoms with Crippen molar-refractivity contribution in [2.24, 2.45) is 0 Å². The van der Waals surface area contributed by atoms with Crippen molar-refractivity contribution in [2.45, 2.75) is 26.3 Å². The van der Waals surface area contributed by atoms with E-state index >= 15 is 0 Å². The van der Waals surface area contributed by atoms with E-state index in [1.165, 1.54) is 18.7 Å². The largest absolute Gasteiger partial charge is 0.494 e. The van der Waals surface area contributed by atoms with Crippen LogP contribution in [0, 0.1) is 0 Å². The minimum atomic E-state index is -1.82. The Hall–Kier alpha value is -4.16. The molecule has 1 heterocycles. The summed E-state index contributed by atoms with van der Waals surface area (Å²) in [4.78, 5) is 41.6. The first-order valence-electron chi connectivity index (χ1n) is 12.4. The highest BCUT2D eigenvalue weighted by Gasteiger charge is 2.18. The fraction of sp³-hybridized carbons (Fsp3) is 0.407. The number of aliphatic carboxylic acids is 4. The normalized spacial score (nSPS) is 13.9. The zero-order valence-electron chi connectivity index (χ0n) is 22.2. The first-order chi connectivity index (χ1) is 18.5. The Balaban J connectivity index is 0.000000530. The topological polar surface area (TPSA) is 177 Å². The van der Waals surface area contributed by atoms with Gasteiger partial charge in [-0.3, -0.25) is 4.90 Å². The van der Waals surface area contributed by atoms with Crippen LogP contribution in [0.25, 0.3) is 0 Å². The SMILES string of the molecule is CCOc1ccc(NC(C)CN2CCN(CCc3ccccc3)CC2)cc1.O=C(O)C(=O)O.O=C(O)C(=O)O. The first-order valence-corrected chi connectivity index (χ1v) is 12.4. The number of nitrogens with one attached hydrogen (secondary N) is 1. The number of carbonyl (C=O) groups is 4. The number of anilines is 1. The van der Waals surface area contributed by atoms with Crippen LogP contribution < -0.4 is 10.1 Å². The van der Waals surface area contributed by atoms with Gasteiger partial charge in [-0.2, -0.15) is 0 Å². The van der Waals surface area contributed by atoms with Gasteiger partial charge in [0.05, 0.1) is 6.61 Å². The first kappa shape index (κ1) is 32.9. The fourth-order valence-electron chi connectivity index (χ4n) is 3.66. The van der Waals surface area contributed by atoms with Crippen LogP contribution in [0.5, 0.6) is 5.75 Å². The zero-order chi connectivity index (χ0) is 29.2. The highest BCUT2D eigenvalue weighted by atomic mass is 16.5. The number of nitrogens with zero attached hydrogens (tertiary/aromatic N) is 2. The van der Waals surface area contributed by atoms with E-state index in [0.29, 0.717) is 12.6 Å². The van der Waals surface area contributed by atoms with Crippen LogP contribution in [0.15, 0.2) is 54.6 Å². The molecule has 12 nitrogen and oxygen atoms in total. The van der Waals surface area contributed by atoms with Crippen molar-refractivity contribution in [2.75, 3.05) is 51.2 Å². The van der Waals surface area contributed by atoms with Gasteiger partial charge in [0.25, 0.3) is 0 Å². The Bertz CT molecular complexity index is 977. The number of carboxylic acid groups (broad SMARTS) is 4. The van der Waals surface area contributed by atoms with E-state index in [1.54, 1.807) is 0 Å². The number of ether oxygens (including phenoxy) is 1. The summed E-state index contributed by atoms with van der Waals surface area (Å²) in [6.45, 7) is 11.9. The minimum Gasteiger partial charge on any atom is -0.494 e. The molecule has 3 rings (SSSR count). The highest BCUT2D eigenvalue weighted by molar-refractivity contribution is 6.27. The second-order valence-corrected chi connectivity index (χ2v) is 8.60. The summed E-state index contributed by atoms with van der Waals surface area (Å²) in [6, 6.07) is 19.5. The second kappa shape index (κ2) is 18.2. The fourth-order valence-corrected chi connectivity index (χ4v) is 3.66. The van der Waals surface area contributed by atoms with Gasteiger partial charge in [0.2, 0.25) is 0 Å². The Morgan fingerprint density at radius 2 is 1.28 bits per heavy atom. The highest BCUT2D eigenvalue weighted by Crippen LogP contribution is 2.16. The third kappa shape index (κ3) is 15.0. The molecule has 1 aliphatic heterocycles. The smallest absolute Gasteiger partial charge is 0.414 e. The Morgan fingerprint density at radius 1 is 0.795 bits per heavy atom. The molecule has 0 amide bonds. The maximum absolute atomic E-state index is 9.10. The van der Waals surface area contributed by atoms with Crippen LogP contribution in [0.4, 0.5) is 5.69 Å². The summed E-state index contributed by atoms with van der Waals surface area (Å²) in [6.07, 6.45) is 1.15. The van der Waals surface area contributed by atoms with Gasteiger partial charge >= 0.3 is 23.9 Å². The van der Waals surface area contributed by atoms with Gasteiger partial charge in [-0.05, 0) is 50.1 Å². The lowest BCUT2D eigenvalue weighted by atomic mass is 10.1. The number of piperazine rings is 1. The molecule has 1 atom stereocenters. The lowest BCUT2D eigenvalue weighted by Gasteiger charge is -2.36. The Morgan fingerprint density at radius 3 is 1.74 bits per heavy atom. The molecule has 0 aliphatic carbocycles. The van der Waals surface area contributed by atoms with Gasteiger partial charge in [0.1, 0.15) is 5.75 Å². The third-order valence-corrected chi connectivity index (χ3v) is 5.50. The molecule has 1 fully saturated rings. The predicted molar refractivity (Wildman–Crippen MR) is 144 cm³/mol. The summed E-state index contributed by atoms with van der Waals surface area (Å²) >= 11 is 0. The van der Waals surface area contributed by atoms with Crippen molar-refractivity contribution in [3.05, 3.63) is 60.2 Å². The Kier molecular flexibility index (Phi) is 15.3. The number of benzene rings is 2. The molecule has 2 aromatic rings. The van der Waals surface area contributed by atoms with Crippen LogP contribution in [-0.4, -0.2) is 106 Å². The molecule has 1 unspecified atom stereocenters. The summed E-state index contributed by atoms with van der Waals surface area (Å²) in [5.41, 5.74) is 2.60. The van der Waals surface area contributed by atoms with E-state index in [9.17, 15) is 0 Å². The molecular formula is C27H37N3O9. The van der Waals surface area contributed by atoms with Crippen LogP contribution in [0.3, 0.4) is 0 Å². The van der Waals surface area contributed by atoms with Gasteiger partial charge in [-0.25, -0.2) is 19.2 Å². The van der Waals surface area contributed by atoms with E-state index in [2.05, 4.69) is 64.5 Å². The van der Waals surface area contributed by atoms with Crippen LogP contribution in [-0.2, 0) is 25.6 Å². The van der Waals surface area contributed by atoms with Gasteiger partial charge in [0.15, 0.2) is 0 Å². The maximum Gasteiger partial charge on any atom is 0.414 e. The van der Waals surface area contributed by atoms with E-state index in [0.717, 1.165) is 44.0 Å². The number of carboxylic acids is 4.